The zero-order valence-electron chi connectivity index (χ0n) is 8.71. The summed E-state index contributed by atoms with van der Waals surface area (Å²) in [5, 5.41) is 6.09. The highest BCUT2D eigenvalue weighted by Gasteiger charge is 2.15. The molecule has 86 valence electrons. The summed E-state index contributed by atoms with van der Waals surface area (Å²) in [6.07, 6.45) is 3.26. The summed E-state index contributed by atoms with van der Waals surface area (Å²) in [4.78, 5) is 0. The number of sulfonamides is 1. The molecule has 6 nitrogen and oxygen atoms in total. The molecule has 16 heavy (non-hydrogen) atoms. The number of H-pyrrole nitrogens is 1. The fourth-order valence-electron chi connectivity index (χ4n) is 1.32. The first-order chi connectivity index (χ1) is 7.59. The maximum atomic E-state index is 11.7. The van der Waals surface area contributed by atoms with Crippen molar-refractivity contribution in [2.45, 2.75) is 11.6 Å². The highest BCUT2D eigenvalue weighted by molar-refractivity contribution is 7.89. The summed E-state index contributed by atoms with van der Waals surface area (Å²) in [6, 6.07) is 5.13. The quantitative estimate of drug-likeness (QED) is 0.802. The van der Waals surface area contributed by atoms with Crippen LogP contribution in [0.3, 0.4) is 0 Å². The van der Waals surface area contributed by atoms with Crippen LogP contribution in [0.1, 0.15) is 5.69 Å². The lowest BCUT2D eigenvalue weighted by atomic mass is 10.4. The fourth-order valence-corrected chi connectivity index (χ4v) is 2.23. The lowest BCUT2D eigenvalue weighted by Crippen LogP contribution is -2.24. The largest absolute Gasteiger partial charge is 0.353 e. The molecule has 0 spiro atoms. The molecule has 0 atom stereocenters. The lowest BCUT2D eigenvalue weighted by Gasteiger charge is -2.05. The first-order valence-electron chi connectivity index (χ1n) is 4.69. The Labute approximate surface area is 93.3 Å². The Morgan fingerprint density at radius 2 is 2.31 bits per heavy atom. The van der Waals surface area contributed by atoms with Crippen molar-refractivity contribution in [1.82, 2.24) is 19.5 Å². The van der Waals surface area contributed by atoms with Gasteiger partial charge in [-0.05, 0) is 18.2 Å². The van der Waals surface area contributed by atoms with Gasteiger partial charge in [0, 0.05) is 18.9 Å². The number of nitrogens with zero attached hydrogens (tertiary/aromatic N) is 2. The normalized spacial score (nSPS) is 11.8. The molecule has 2 N–H and O–H groups in total. The third-order valence-corrected chi connectivity index (χ3v) is 3.59. The molecule has 0 aromatic carbocycles. The van der Waals surface area contributed by atoms with Gasteiger partial charge in [-0.1, -0.05) is 0 Å². The predicted octanol–water partition coefficient (Wildman–Crippen LogP) is 0.227. The van der Waals surface area contributed by atoms with E-state index in [0.29, 0.717) is 0 Å². The minimum absolute atomic E-state index is 0.0710. The number of aromatic nitrogens is 3. The minimum Gasteiger partial charge on any atom is -0.353 e. The van der Waals surface area contributed by atoms with E-state index >= 15 is 0 Å². The molecule has 2 aromatic heterocycles. The molecule has 0 fully saturated rings. The van der Waals surface area contributed by atoms with Crippen LogP contribution in [-0.2, 0) is 23.6 Å². The molecular formula is C9H12N4O2S. The van der Waals surface area contributed by atoms with Crippen molar-refractivity contribution in [2.24, 2.45) is 7.05 Å². The molecule has 0 aliphatic rings. The van der Waals surface area contributed by atoms with Crippen LogP contribution >= 0.6 is 0 Å². The Morgan fingerprint density at radius 3 is 2.88 bits per heavy atom. The molecule has 0 radical (unpaired) electrons. The van der Waals surface area contributed by atoms with Crippen molar-refractivity contribution in [1.29, 1.82) is 0 Å². The van der Waals surface area contributed by atoms with E-state index in [1.54, 1.807) is 0 Å². The van der Waals surface area contributed by atoms with E-state index in [2.05, 4.69) is 14.9 Å². The van der Waals surface area contributed by atoms with Crippen molar-refractivity contribution in [2.75, 3.05) is 0 Å². The summed E-state index contributed by atoms with van der Waals surface area (Å²) in [6.45, 7) is 0.255. The SMILES string of the molecule is Cn1cccc1CNS(=O)(=O)c1ccn[nH]1. The second kappa shape index (κ2) is 4.11. The molecule has 0 aliphatic heterocycles. The van der Waals surface area contributed by atoms with Crippen LogP contribution in [0, 0.1) is 0 Å². The van der Waals surface area contributed by atoms with Gasteiger partial charge >= 0.3 is 0 Å². The Morgan fingerprint density at radius 1 is 1.50 bits per heavy atom. The van der Waals surface area contributed by atoms with E-state index < -0.39 is 10.0 Å². The summed E-state index contributed by atoms with van der Waals surface area (Å²) >= 11 is 0. The van der Waals surface area contributed by atoms with Gasteiger partial charge in [-0.25, -0.2) is 13.1 Å². The number of rotatable bonds is 4. The molecule has 0 bridgehead atoms. The van der Waals surface area contributed by atoms with Gasteiger partial charge in [0.15, 0.2) is 5.03 Å². The van der Waals surface area contributed by atoms with Crippen molar-refractivity contribution >= 4 is 10.0 Å². The number of hydrogen-bond donors (Lipinski definition) is 2. The van der Waals surface area contributed by atoms with Gasteiger partial charge in [-0.3, -0.25) is 5.10 Å². The molecule has 7 heteroatoms. The number of nitrogens with one attached hydrogen (secondary N) is 2. The van der Waals surface area contributed by atoms with Gasteiger partial charge in [-0.2, -0.15) is 5.10 Å². The summed E-state index contributed by atoms with van der Waals surface area (Å²) < 4.78 is 27.8. The Kier molecular flexibility index (Phi) is 2.80. The Balaban J connectivity index is 2.09. The molecular weight excluding hydrogens is 228 g/mol. The van der Waals surface area contributed by atoms with Gasteiger partial charge in [0.25, 0.3) is 10.0 Å². The van der Waals surface area contributed by atoms with Crippen molar-refractivity contribution in [3.8, 4) is 0 Å². The zero-order chi connectivity index (χ0) is 11.6. The van der Waals surface area contributed by atoms with Crippen molar-refractivity contribution in [3.63, 3.8) is 0 Å². The summed E-state index contributed by atoms with van der Waals surface area (Å²) in [5.41, 5.74) is 0.892. The zero-order valence-corrected chi connectivity index (χ0v) is 9.53. The molecule has 0 saturated heterocycles. The molecule has 2 rings (SSSR count). The smallest absolute Gasteiger partial charge is 0.257 e. The van der Waals surface area contributed by atoms with Gasteiger partial charge in [0.2, 0.25) is 0 Å². The van der Waals surface area contributed by atoms with Crippen LogP contribution in [0.2, 0.25) is 0 Å². The molecule has 0 unspecified atom stereocenters. The first kappa shape index (κ1) is 10.9. The van der Waals surface area contributed by atoms with Crippen molar-refractivity contribution in [3.05, 3.63) is 36.3 Å². The van der Waals surface area contributed by atoms with Gasteiger partial charge in [-0.15, -0.1) is 0 Å². The standard InChI is InChI=1S/C9H12N4O2S/c1-13-6-2-3-8(13)7-11-16(14,15)9-4-5-10-12-9/h2-6,11H,7H2,1H3,(H,10,12). The van der Waals surface area contributed by atoms with Gasteiger partial charge in [0.1, 0.15) is 0 Å². The van der Waals surface area contributed by atoms with Crippen LogP contribution in [-0.4, -0.2) is 23.2 Å². The van der Waals surface area contributed by atoms with E-state index in [1.165, 1.54) is 12.3 Å². The summed E-state index contributed by atoms with van der Waals surface area (Å²) in [5.74, 6) is 0. The van der Waals surface area contributed by atoms with Crippen LogP contribution < -0.4 is 4.72 Å². The monoisotopic (exact) mass is 240 g/mol. The molecule has 2 heterocycles. The van der Waals surface area contributed by atoms with E-state index in [9.17, 15) is 8.42 Å². The van der Waals surface area contributed by atoms with Gasteiger partial charge < -0.3 is 4.57 Å². The lowest BCUT2D eigenvalue weighted by molar-refractivity contribution is 0.574. The second-order valence-electron chi connectivity index (χ2n) is 3.36. The highest BCUT2D eigenvalue weighted by atomic mass is 32.2. The topological polar surface area (TPSA) is 79.8 Å². The maximum Gasteiger partial charge on any atom is 0.257 e. The third-order valence-electron chi connectivity index (χ3n) is 2.26. The Hall–Kier alpha value is -1.60. The second-order valence-corrected chi connectivity index (χ2v) is 5.09. The molecule has 2 aromatic rings. The average Bonchev–Trinajstić information content (AvgIpc) is 2.85. The average molecular weight is 240 g/mol. The maximum absolute atomic E-state index is 11.7. The Bertz CT molecular complexity index is 556. The van der Waals surface area contributed by atoms with Crippen LogP contribution in [0.15, 0.2) is 35.6 Å². The predicted molar refractivity (Wildman–Crippen MR) is 58.0 cm³/mol. The summed E-state index contributed by atoms with van der Waals surface area (Å²) in [7, 11) is -1.63. The number of aromatic amines is 1. The van der Waals surface area contributed by atoms with Gasteiger partial charge in [0.05, 0.1) is 12.7 Å². The van der Waals surface area contributed by atoms with Crippen LogP contribution in [0.5, 0.6) is 0 Å². The fraction of sp³-hybridized carbons (Fsp3) is 0.222. The van der Waals surface area contributed by atoms with Crippen LogP contribution in [0.25, 0.3) is 0 Å². The molecule has 0 amide bonds. The van der Waals surface area contributed by atoms with Crippen molar-refractivity contribution < 1.29 is 8.42 Å². The molecule has 0 saturated carbocycles. The number of aryl methyl sites for hydroxylation is 1. The minimum atomic E-state index is -3.49. The van der Waals surface area contributed by atoms with E-state index in [4.69, 9.17) is 0 Å². The van der Waals surface area contributed by atoms with E-state index in [1.807, 2.05) is 29.9 Å². The van der Waals surface area contributed by atoms with E-state index in [0.717, 1.165) is 5.69 Å². The number of hydrogen-bond acceptors (Lipinski definition) is 3. The third kappa shape index (κ3) is 2.15. The van der Waals surface area contributed by atoms with E-state index in [-0.39, 0.29) is 11.6 Å². The highest BCUT2D eigenvalue weighted by Crippen LogP contribution is 2.05. The first-order valence-corrected chi connectivity index (χ1v) is 6.17. The van der Waals surface area contributed by atoms with Crippen LogP contribution in [0.4, 0.5) is 0 Å². The molecule has 0 aliphatic carbocycles.